The van der Waals surface area contributed by atoms with Gasteiger partial charge in [0, 0.05) is 12.1 Å². The Balaban J connectivity index is 2.42. The number of para-hydroxylation sites is 1. The average molecular weight is 262 g/mol. The van der Waals surface area contributed by atoms with Crippen molar-refractivity contribution in [3.63, 3.8) is 0 Å². The molecule has 0 saturated carbocycles. The first-order valence-electron chi connectivity index (χ1n) is 6.85. The van der Waals surface area contributed by atoms with Crippen LogP contribution in [0.15, 0.2) is 18.2 Å². The maximum Gasteiger partial charge on any atom is 0.340 e. The topological polar surface area (TPSA) is 55.6 Å². The largest absolute Gasteiger partial charge is 0.465 e. The zero-order valence-corrected chi connectivity index (χ0v) is 11.8. The summed E-state index contributed by atoms with van der Waals surface area (Å²) in [6.45, 7) is 4.40. The average Bonchev–Trinajstić information content (AvgIpc) is 2.79. The molecule has 0 bridgehead atoms. The van der Waals surface area contributed by atoms with Gasteiger partial charge >= 0.3 is 5.97 Å². The molecule has 19 heavy (non-hydrogen) atoms. The Hall–Kier alpha value is -1.71. The molecule has 2 N–H and O–H groups in total. The lowest BCUT2D eigenvalue weighted by Gasteiger charge is -2.31. The van der Waals surface area contributed by atoms with Crippen molar-refractivity contribution in [2.24, 2.45) is 0 Å². The first-order chi connectivity index (χ1) is 9.10. The molecular weight excluding hydrogens is 240 g/mol. The third kappa shape index (κ3) is 2.39. The highest BCUT2D eigenvalue weighted by atomic mass is 16.5. The highest BCUT2D eigenvalue weighted by Gasteiger charge is 2.31. The molecule has 1 aromatic rings. The smallest absolute Gasteiger partial charge is 0.340 e. The van der Waals surface area contributed by atoms with Gasteiger partial charge in [0.15, 0.2) is 0 Å². The number of ether oxygens (including phenoxy) is 1. The molecule has 1 fully saturated rings. The van der Waals surface area contributed by atoms with Gasteiger partial charge in [-0.3, -0.25) is 0 Å². The van der Waals surface area contributed by atoms with Crippen LogP contribution in [-0.4, -0.2) is 25.2 Å². The number of benzene rings is 1. The lowest BCUT2D eigenvalue weighted by molar-refractivity contribution is 0.0602. The molecule has 1 aliphatic heterocycles. The zero-order chi connectivity index (χ0) is 14.0. The van der Waals surface area contributed by atoms with E-state index in [1.54, 1.807) is 6.07 Å². The summed E-state index contributed by atoms with van der Waals surface area (Å²) in [6, 6.07) is 6.54. The van der Waals surface area contributed by atoms with Crippen LogP contribution in [0.4, 0.5) is 11.4 Å². The van der Waals surface area contributed by atoms with E-state index < -0.39 is 0 Å². The number of nitrogens with two attached hydrogens (primary N) is 1. The summed E-state index contributed by atoms with van der Waals surface area (Å²) in [5, 5.41) is 0. The number of nitrogen functional groups attached to an aromatic ring is 1. The summed E-state index contributed by atoms with van der Waals surface area (Å²) in [4.78, 5) is 14.1. The first-order valence-corrected chi connectivity index (χ1v) is 6.85. The maximum atomic E-state index is 11.7. The van der Waals surface area contributed by atoms with Gasteiger partial charge in [-0.2, -0.15) is 0 Å². The molecule has 0 radical (unpaired) electrons. The number of anilines is 2. The number of carbonyl (C=O) groups is 1. The predicted octanol–water partition coefficient (Wildman–Crippen LogP) is 2.82. The molecule has 104 valence electrons. The van der Waals surface area contributed by atoms with Gasteiger partial charge in [-0.05, 0) is 38.3 Å². The summed E-state index contributed by atoms with van der Waals surface area (Å²) in [7, 11) is 1.38. The third-order valence-electron chi connectivity index (χ3n) is 4.02. The van der Waals surface area contributed by atoms with Crippen LogP contribution in [-0.2, 0) is 4.74 Å². The molecule has 0 amide bonds. The second-order valence-electron chi connectivity index (χ2n) is 5.13. The van der Waals surface area contributed by atoms with E-state index in [1.807, 2.05) is 12.1 Å². The number of methoxy groups -OCH3 is 1. The van der Waals surface area contributed by atoms with Crippen molar-refractivity contribution in [1.82, 2.24) is 0 Å². The molecule has 2 rings (SSSR count). The maximum absolute atomic E-state index is 11.7. The minimum atomic E-state index is -0.376. The van der Waals surface area contributed by atoms with E-state index in [0.29, 0.717) is 23.3 Å². The molecule has 0 aromatic heterocycles. The van der Waals surface area contributed by atoms with Crippen LogP contribution < -0.4 is 10.6 Å². The monoisotopic (exact) mass is 262 g/mol. The van der Waals surface area contributed by atoms with Crippen LogP contribution in [0.25, 0.3) is 0 Å². The number of hydrogen-bond donors (Lipinski definition) is 1. The van der Waals surface area contributed by atoms with Crippen LogP contribution in [0.1, 0.15) is 43.5 Å². The van der Waals surface area contributed by atoms with E-state index in [0.717, 1.165) is 12.1 Å². The van der Waals surface area contributed by atoms with E-state index in [-0.39, 0.29) is 5.97 Å². The Morgan fingerprint density at radius 2 is 2.21 bits per heavy atom. The van der Waals surface area contributed by atoms with Crippen molar-refractivity contribution in [3.8, 4) is 0 Å². The molecular formula is C15H22N2O2. The van der Waals surface area contributed by atoms with Crippen molar-refractivity contribution in [1.29, 1.82) is 0 Å². The number of rotatable bonds is 3. The summed E-state index contributed by atoms with van der Waals surface area (Å²) < 4.78 is 4.78. The second kappa shape index (κ2) is 5.51. The SMILES string of the molecule is CCC1CCC(C)N1c1cccc(C(=O)OC)c1N. The van der Waals surface area contributed by atoms with Gasteiger partial charge in [0.2, 0.25) is 0 Å². The Bertz CT molecular complexity index is 473. The van der Waals surface area contributed by atoms with Crippen LogP contribution >= 0.6 is 0 Å². The van der Waals surface area contributed by atoms with E-state index in [2.05, 4.69) is 18.7 Å². The van der Waals surface area contributed by atoms with Gasteiger partial charge < -0.3 is 15.4 Å². The number of esters is 1. The van der Waals surface area contributed by atoms with Crippen molar-refractivity contribution in [2.75, 3.05) is 17.7 Å². The lowest BCUT2D eigenvalue weighted by atomic mass is 10.1. The summed E-state index contributed by atoms with van der Waals surface area (Å²) in [6.07, 6.45) is 3.44. The van der Waals surface area contributed by atoms with E-state index >= 15 is 0 Å². The third-order valence-corrected chi connectivity index (χ3v) is 4.02. The number of hydrogen-bond acceptors (Lipinski definition) is 4. The highest BCUT2D eigenvalue weighted by molar-refractivity contribution is 5.98. The van der Waals surface area contributed by atoms with Gasteiger partial charge in [0.25, 0.3) is 0 Å². The van der Waals surface area contributed by atoms with Crippen LogP contribution in [0.2, 0.25) is 0 Å². The van der Waals surface area contributed by atoms with E-state index in [1.165, 1.54) is 20.0 Å². The van der Waals surface area contributed by atoms with Gasteiger partial charge in [-0.25, -0.2) is 4.79 Å². The molecule has 4 heteroatoms. The standard InChI is InChI=1S/C15H22N2O2/c1-4-11-9-8-10(2)17(11)13-7-5-6-12(14(13)16)15(18)19-3/h5-7,10-11H,4,8-9,16H2,1-3H3. The fourth-order valence-electron chi connectivity index (χ4n) is 2.97. The number of nitrogens with zero attached hydrogens (tertiary/aromatic N) is 1. The molecule has 1 saturated heterocycles. The van der Waals surface area contributed by atoms with Crippen molar-refractivity contribution in [3.05, 3.63) is 23.8 Å². The van der Waals surface area contributed by atoms with Gasteiger partial charge in [0.05, 0.1) is 24.0 Å². The molecule has 1 aliphatic rings. The van der Waals surface area contributed by atoms with Gasteiger partial charge in [0.1, 0.15) is 0 Å². The van der Waals surface area contributed by atoms with Crippen molar-refractivity contribution >= 4 is 17.3 Å². The lowest BCUT2D eigenvalue weighted by Crippen LogP contribution is -2.35. The Labute approximate surface area is 114 Å². The van der Waals surface area contributed by atoms with E-state index in [9.17, 15) is 4.79 Å². The minimum absolute atomic E-state index is 0.376. The van der Waals surface area contributed by atoms with Crippen LogP contribution in [0, 0.1) is 0 Å². The molecule has 4 nitrogen and oxygen atoms in total. The Kier molecular flexibility index (Phi) is 3.98. The Morgan fingerprint density at radius 1 is 1.47 bits per heavy atom. The van der Waals surface area contributed by atoms with Crippen LogP contribution in [0.3, 0.4) is 0 Å². The molecule has 0 spiro atoms. The number of carbonyl (C=O) groups excluding carboxylic acids is 1. The fraction of sp³-hybridized carbons (Fsp3) is 0.533. The van der Waals surface area contributed by atoms with Crippen molar-refractivity contribution in [2.45, 2.75) is 45.2 Å². The first kappa shape index (κ1) is 13.7. The van der Waals surface area contributed by atoms with Gasteiger partial charge in [-0.15, -0.1) is 0 Å². The minimum Gasteiger partial charge on any atom is -0.465 e. The summed E-state index contributed by atoms with van der Waals surface area (Å²) >= 11 is 0. The molecule has 2 atom stereocenters. The van der Waals surface area contributed by atoms with Gasteiger partial charge in [-0.1, -0.05) is 13.0 Å². The highest BCUT2D eigenvalue weighted by Crippen LogP contribution is 2.36. The Morgan fingerprint density at radius 3 is 2.84 bits per heavy atom. The van der Waals surface area contributed by atoms with Crippen LogP contribution in [0.5, 0.6) is 0 Å². The van der Waals surface area contributed by atoms with Crippen molar-refractivity contribution < 1.29 is 9.53 Å². The second-order valence-corrected chi connectivity index (χ2v) is 5.13. The van der Waals surface area contributed by atoms with E-state index in [4.69, 9.17) is 10.5 Å². The summed E-state index contributed by atoms with van der Waals surface area (Å²) in [5.41, 5.74) is 8.12. The molecule has 1 aromatic carbocycles. The predicted molar refractivity (Wildman–Crippen MR) is 77.4 cm³/mol. The molecule has 1 heterocycles. The molecule has 0 aliphatic carbocycles. The summed E-state index contributed by atoms with van der Waals surface area (Å²) in [5.74, 6) is -0.376. The molecule has 2 unspecified atom stereocenters. The zero-order valence-electron chi connectivity index (χ0n) is 11.8. The quantitative estimate of drug-likeness (QED) is 0.672. The fourth-order valence-corrected chi connectivity index (χ4v) is 2.97. The normalized spacial score (nSPS) is 22.6.